The van der Waals surface area contributed by atoms with E-state index in [1.165, 1.54) is 25.7 Å². The number of hydrogen-bond donors (Lipinski definition) is 0. The Morgan fingerprint density at radius 3 is 2.57 bits per heavy atom. The normalized spacial score (nSPS) is 24.2. The molecule has 2 saturated heterocycles. The highest BCUT2D eigenvalue weighted by atomic mass is 16.5. The van der Waals surface area contributed by atoms with Crippen molar-refractivity contribution in [1.82, 2.24) is 15.0 Å². The molecule has 1 aromatic heterocycles. The molecule has 1 atom stereocenters. The number of nitrogens with zero attached hydrogens (tertiary/aromatic N) is 4. The summed E-state index contributed by atoms with van der Waals surface area (Å²) in [6.07, 6.45) is 6.36. The number of hydrogen-bond acceptors (Lipinski definition) is 5. The Hall–Kier alpha value is -2.21. The average Bonchev–Trinajstić information content (AvgIpc) is 3.36. The molecule has 148 valence electrons. The Morgan fingerprint density at radius 1 is 1.04 bits per heavy atom. The molecular formula is C22H28N4O2. The topological polar surface area (TPSA) is 62.5 Å². The van der Waals surface area contributed by atoms with Crippen molar-refractivity contribution in [3.8, 4) is 0 Å². The summed E-state index contributed by atoms with van der Waals surface area (Å²) in [6, 6.07) is 10.0. The first-order chi connectivity index (χ1) is 13.7. The SMILES string of the molecule is O=C1CC(CN2CCC(Cc3noc(C4CC4)n3)CC2)CN1c1ccccc1. The van der Waals surface area contributed by atoms with Gasteiger partial charge in [-0.1, -0.05) is 23.4 Å². The summed E-state index contributed by atoms with van der Waals surface area (Å²) >= 11 is 0. The lowest BCUT2D eigenvalue weighted by molar-refractivity contribution is -0.117. The summed E-state index contributed by atoms with van der Waals surface area (Å²) in [4.78, 5) is 21.5. The van der Waals surface area contributed by atoms with E-state index in [4.69, 9.17) is 4.52 Å². The molecule has 2 aliphatic heterocycles. The molecular weight excluding hydrogens is 352 g/mol. The van der Waals surface area contributed by atoms with Crippen molar-refractivity contribution in [2.45, 2.75) is 44.4 Å². The third kappa shape index (κ3) is 3.97. The van der Waals surface area contributed by atoms with Crippen LogP contribution >= 0.6 is 0 Å². The summed E-state index contributed by atoms with van der Waals surface area (Å²) in [5, 5.41) is 4.18. The number of piperidine rings is 1. The second-order valence-corrected chi connectivity index (χ2v) is 8.68. The van der Waals surface area contributed by atoms with Crippen LogP contribution < -0.4 is 4.90 Å². The van der Waals surface area contributed by atoms with Crippen LogP contribution in [-0.2, 0) is 11.2 Å². The molecule has 6 nitrogen and oxygen atoms in total. The summed E-state index contributed by atoms with van der Waals surface area (Å²) in [5.74, 6) is 3.61. The number of anilines is 1. The van der Waals surface area contributed by atoms with Gasteiger partial charge in [-0.05, 0) is 62.7 Å². The van der Waals surface area contributed by atoms with Crippen molar-refractivity contribution in [2.24, 2.45) is 11.8 Å². The third-order valence-corrected chi connectivity index (χ3v) is 6.38. The van der Waals surface area contributed by atoms with E-state index in [9.17, 15) is 4.79 Å². The van der Waals surface area contributed by atoms with Crippen LogP contribution in [0.3, 0.4) is 0 Å². The molecule has 0 N–H and O–H groups in total. The maximum atomic E-state index is 12.4. The fraction of sp³-hybridized carbons (Fsp3) is 0.591. The first-order valence-corrected chi connectivity index (χ1v) is 10.6. The van der Waals surface area contributed by atoms with Crippen molar-refractivity contribution in [1.29, 1.82) is 0 Å². The molecule has 6 heteroatoms. The van der Waals surface area contributed by atoms with Crippen molar-refractivity contribution in [3.05, 3.63) is 42.0 Å². The van der Waals surface area contributed by atoms with Gasteiger partial charge in [0.1, 0.15) is 0 Å². The molecule has 0 radical (unpaired) electrons. The lowest BCUT2D eigenvalue weighted by Crippen LogP contribution is -2.38. The van der Waals surface area contributed by atoms with Gasteiger partial charge in [-0.3, -0.25) is 4.79 Å². The Balaban J connectivity index is 1.09. The first-order valence-electron chi connectivity index (χ1n) is 10.6. The fourth-order valence-electron chi connectivity index (χ4n) is 4.60. The van der Waals surface area contributed by atoms with Gasteiger partial charge >= 0.3 is 0 Å². The average molecular weight is 380 g/mol. The Bertz CT molecular complexity index is 809. The quantitative estimate of drug-likeness (QED) is 0.770. The summed E-state index contributed by atoms with van der Waals surface area (Å²) < 4.78 is 5.39. The highest BCUT2D eigenvalue weighted by Gasteiger charge is 2.33. The minimum Gasteiger partial charge on any atom is -0.339 e. The van der Waals surface area contributed by atoms with E-state index in [1.807, 2.05) is 35.2 Å². The van der Waals surface area contributed by atoms with Gasteiger partial charge in [0.05, 0.1) is 0 Å². The van der Waals surface area contributed by atoms with Crippen LogP contribution in [0.1, 0.15) is 49.7 Å². The van der Waals surface area contributed by atoms with E-state index in [0.717, 1.165) is 50.0 Å². The van der Waals surface area contributed by atoms with Gasteiger partial charge in [0.15, 0.2) is 5.82 Å². The van der Waals surface area contributed by atoms with Crippen molar-refractivity contribution < 1.29 is 9.32 Å². The van der Waals surface area contributed by atoms with Crippen LogP contribution in [-0.4, -0.2) is 47.1 Å². The van der Waals surface area contributed by atoms with E-state index in [2.05, 4.69) is 15.0 Å². The van der Waals surface area contributed by atoms with E-state index in [-0.39, 0.29) is 5.91 Å². The summed E-state index contributed by atoms with van der Waals surface area (Å²) in [5.41, 5.74) is 1.03. The molecule has 1 amide bonds. The molecule has 3 heterocycles. The van der Waals surface area contributed by atoms with E-state index >= 15 is 0 Å². The summed E-state index contributed by atoms with van der Waals surface area (Å²) in [6.45, 7) is 4.08. The Labute approximate surface area is 165 Å². The minimum atomic E-state index is 0.259. The number of rotatable bonds is 6. The zero-order valence-corrected chi connectivity index (χ0v) is 16.3. The maximum Gasteiger partial charge on any atom is 0.229 e. The van der Waals surface area contributed by atoms with Gasteiger partial charge in [-0.25, -0.2) is 0 Å². The smallest absolute Gasteiger partial charge is 0.229 e. The van der Waals surface area contributed by atoms with Crippen LogP contribution in [0.4, 0.5) is 5.69 Å². The lowest BCUT2D eigenvalue weighted by atomic mass is 9.92. The zero-order chi connectivity index (χ0) is 18.9. The standard InChI is InChI=1S/C22H28N4O2/c27-21-13-17(15-26(21)19-4-2-1-3-5-19)14-25-10-8-16(9-11-25)12-20-23-22(28-24-20)18-6-7-18/h1-5,16-18H,6-15H2. The van der Waals surface area contributed by atoms with Gasteiger partial charge in [-0.2, -0.15) is 4.98 Å². The third-order valence-electron chi connectivity index (χ3n) is 6.38. The van der Waals surface area contributed by atoms with E-state index < -0.39 is 0 Å². The van der Waals surface area contributed by atoms with Gasteiger partial charge < -0.3 is 14.3 Å². The molecule has 1 unspecified atom stereocenters. The molecule has 0 spiro atoms. The van der Waals surface area contributed by atoms with E-state index in [0.29, 0.717) is 24.2 Å². The predicted octanol–water partition coefficient (Wildman–Crippen LogP) is 3.25. The maximum absolute atomic E-state index is 12.4. The Kier molecular flexibility index (Phi) is 4.89. The largest absolute Gasteiger partial charge is 0.339 e. The van der Waals surface area contributed by atoms with Gasteiger partial charge in [0.25, 0.3) is 0 Å². The van der Waals surface area contributed by atoms with Crippen molar-refractivity contribution in [2.75, 3.05) is 31.1 Å². The lowest BCUT2D eigenvalue weighted by Gasteiger charge is -2.33. The van der Waals surface area contributed by atoms with Crippen molar-refractivity contribution in [3.63, 3.8) is 0 Å². The highest BCUT2D eigenvalue weighted by Crippen LogP contribution is 2.39. The number of carbonyl (C=O) groups is 1. The molecule has 1 aliphatic carbocycles. The number of benzene rings is 1. The molecule has 5 rings (SSSR count). The number of carbonyl (C=O) groups excluding carboxylic acids is 1. The van der Waals surface area contributed by atoms with Gasteiger partial charge in [0, 0.05) is 37.5 Å². The fourth-order valence-corrected chi connectivity index (χ4v) is 4.60. The van der Waals surface area contributed by atoms with Crippen LogP contribution in [0.25, 0.3) is 0 Å². The predicted molar refractivity (Wildman–Crippen MR) is 106 cm³/mol. The zero-order valence-electron chi connectivity index (χ0n) is 16.3. The van der Waals surface area contributed by atoms with E-state index in [1.54, 1.807) is 0 Å². The molecule has 0 bridgehead atoms. The number of amides is 1. The molecule has 1 aromatic carbocycles. The highest BCUT2D eigenvalue weighted by molar-refractivity contribution is 5.95. The minimum absolute atomic E-state index is 0.259. The van der Waals surface area contributed by atoms with Gasteiger partial charge in [-0.15, -0.1) is 0 Å². The van der Waals surface area contributed by atoms with Gasteiger partial charge in [0.2, 0.25) is 11.8 Å². The molecule has 3 fully saturated rings. The van der Waals surface area contributed by atoms with Crippen LogP contribution in [0.2, 0.25) is 0 Å². The number of likely N-dealkylation sites (tertiary alicyclic amines) is 1. The molecule has 2 aromatic rings. The monoisotopic (exact) mass is 380 g/mol. The second-order valence-electron chi connectivity index (χ2n) is 8.68. The number of para-hydroxylation sites is 1. The van der Waals surface area contributed by atoms with Crippen LogP contribution in [0.5, 0.6) is 0 Å². The molecule has 3 aliphatic rings. The second kappa shape index (κ2) is 7.66. The first kappa shape index (κ1) is 17.9. The molecule has 1 saturated carbocycles. The van der Waals surface area contributed by atoms with Crippen molar-refractivity contribution >= 4 is 11.6 Å². The van der Waals surface area contributed by atoms with Crippen LogP contribution in [0, 0.1) is 11.8 Å². The summed E-state index contributed by atoms with van der Waals surface area (Å²) in [7, 11) is 0. The Morgan fingerprint density at radius 2 is 1.82 bits per heavy atom. The molecule has 28 heavy (non-hydrogen) atoms. The number of aromatic nitrogens is 2. The van der Waals surface area contributed by atoms with Crippen LogP contribution in [0.15, 0.2) is 34.9 Å².